The Morgan fingerprint density at radius 2 is 1.50 bits per heavy atom. The lowest BCUT2D eigenvalue weighted by molar-refractivity contribution is -0.152. The van der Waals surface area contributed by atoms with Crippen molar-refractivity contribution in [1.29, 1.82) is 0 Å². The second-order valence-corrected chi connectivity index (χ2v) is 9.01. The maximum Gasteiger partial charge on any atom is 0.312 e. The van der Waals surface area contributed by atoms with Crippen LogP contribution in [0, 0.1) is 0 Å². The smallest absolute Gasteiger partial charge is 0.312 e. The van der Waals surface area contributed by atoms with Crippen LogP contribution in [0.15, 0.2) is 30.5 Å². The average Bonchev–Trinajstić information content (AvgIpc) is 3.48. The third kappa shape index (κ3) is 4.37. The lowest BCUT2D eigenvalue weighted by Crippen LogP contribution is -2.54. The summed E-state index contributed by atoms with van der Waals surface area (Å²) in [5.41, 5.74) is 2.17. The Bertz CT molecular complexity index is 1020. The van der Waals surface area contributed by atoms with Crippen LogP contribution < -0.4 is 0 Å². The van der Waals surface area contributed by atoms with Crippen LogP contribution >= 0.6 is 11.6 Å². The summed E-state index contributed by atoms with van der Waals surface area (Å²) in [5, 5.41) is 5.07. The van der Waals surface area contributed by atoms with Crippen LogP contribution in [-0.4, -0.2) is 81.5 Å². The third-order valence-electron chi connectivity index (χ3n) is 6.07. The number of amides is 3. The minimum atomic E-state index is -0.462. The van der Waals surface area contributed by atoms with Crippen LogP contribution in [0.25, 0.3) is 5.69 Å². The molecule has 0 unspecified atom stereocenters. The molecule has 32 heavy (non-hydrogen) atoms. The van der Waals surface area contributed by atoms with Crippen molar-refractivity contribution in [3.05, 3.63) is 46.7 Å². The largest absolute Gasteiger partial charge is 0.335 e. The molecule has 0 radical (unpaired) electrons. The van der Waals surface area contributed by atoms with Gasteiger partial charge in [0.25, 0.3) is 5.91 Å². The summed E-state index contributed by atoms with van der Waals surface area (Å²) in [6.07, 6.45) is 3.50. The van der Waals surface area contributed by atoms with Crippen molar-refractivity contribution in [3.8, 4) is 5.69 Å². The van der Waals surface area contributed by atoms with E-state index in [2.05, 4.69) is 5.10 Å². The molecule has 2 aliphatic rings. The van der Waals surface area contributed by atoms with Crippen LogP contribution in [0.3, 0.4) is 0 Å². The summed E-state index contributed by atoms with van der Waals surface area (Å²) in [7, 11) is 0. The first-order valence-electron chi connectivity index (χ1n) is 11.1. The van der Waals surface area contributed by atoms with Crippen molar-refractivity contribution in [1.82, 2.24) is 24.5 Å². The number of hydrogen-bond acceptors (Lipinski definition) is 4. The summed E-state index contributed by atoms with van der Waals surface area (Å²) < 4.78 is 1.76. The van der Waals surface area contributed by atoms with Crippen LogP contribution in [0.2, 0.25) is 5.02 Å². The minimum absolute atomic E-state index is 0.0661. The zero-order valence-corrected chi connectivity index (χ0v) is 19.2. The van der Waals surface area contributed by atoms with E-state index in [0.29, 0.717) is 49.9 Å². The van der Waals surface area contributed by atoms with Gasteiger partial charge in [0, 0.05) is 44.3 Å². The van der Waals surface area contributed by atoms with Gasteiger partial charge in [0.15, 0.2) is 0 Å². The molecule has 9 heteroatoms. The van der Waals surface area contributed by atoms with Crippen molar-refractivity contribution in [2.45, 2.75) is 32.6 Å². The molecule has 4 rings (SSSR count). The first-order valence-corrected chi connectivity index (χ1v) is 11.5. The highest BCUT2D eigenvalue weighted by Gasteiger charge is 2.33. The number of rotatable bonds is 3. The van der Waals surface area contributed by atoms with Gasteiger partial charge in [-0.15, -0.1) is 0 Å². The molecule has 0 spiro atoms. The number of aromatic nitrogens is 2. The van der Waals surface area contributed by atoms with Gasteiger partial charge in [-0.05, 0) is 37.0 Å². The standard InChI is InChI=1S/C23H28ClN5O3/c1-16(2)20-19(15-25-29(20)18-7-5-6-17(24)14-18)21(30)27-10-12-28(13-11-27)23(32)22(31)26-8-3-4-9-26/h5-7,14-16H,3-4,8-13H2,1-2H3. The van der Waals surface area contributed by atoms with Gasteiger partial charge in [-0.1, -0.05) is 31.5 Å². The first kappa shape index (κ1) is 22.3. The predicted molar refractivity (Wildman–Crippen MR) is 121 cm³/mol. The van der Waals surface area contributed by atoms with Crippen LogP contribution in [0.4, 0.5) is 0 Å². The van der Waals surface area contributed by atoms with Gasteiger partial charge in [-0.2, -0.15) is 5.10 Å². The highest BCUT2D eigenvalue weighted by molar-refractivity contribution is 6.35. The van der Waals surface area contributed by atoms with Gasteiger partial charge >= 0.3 is 11.8 Å². The number of hydrogen-bond donors (Lipinski definition) is 0. The quantitative estimate of drug-likeness (QED) is 0.663. The molecular formula is C23H28ClN5O3. The Hall–Kier alpha value is -2.87. The molecule has 1 aromatic carbocycles. The summed E-state index contributed by atoms with van der Waals surface area (Å²) in [4.78, 5) is 43.2. The van der Waals surface area contributed by atoms with Crippen molar-refractivity contribution >= 4 is 29.3 Å². The van der Waals surface area contributed by atoms with Gasteiger partial charge in [0.05, 0.1) is 23.1 Å². The van der Waals surface area contributed by atoms with E-state index < -0.39 is 11.8 Å². The van der Waals surface area contributed by atoms with Crippen LogP contribution in [0.1, 0.15) is 48.7 Å². The molecule has 2 saturated heterocycles. The van der Waals surface area contributed by atoms with E-state index in [1.807, 2.05) is 32.0 Å². The number of halogens is 1. The van der Waals surface area contributed by atoms with Gasteiger partial charge in [0.2, 0.25) is 0 Å². The Labute approximate surface area is 192 Å². The molecule has 8 nitrogen and oxygen atoms in total. The van der Waals surface area contributed by atoms with Crippen molar-refractivity contribution < 1.29 is 14.4 Å². The van der Waals surface area contributed by atoms with E-state index in [4.69, 9.17) is 11.6 Å². The van der Waals surface area contributed by atoms with E-state index in [9.17, 15) is 14.4 Å². The zero-order valence-electron chi connectivity index (χ0n) is 18.5. The lowest BCUT2D eigenvalue weighted by atomic mass is 10.0. The van der Waals surface area contributed by atoms with Crippen molar-refractivity contribution in [2.75, 3.05) is 39.3 Å². The topological polar surface area (TPSA) is 78.8 Å². The highest BCUT2D eigenvalue weighted by atomic mass is 35.5. The van der Waals surface area contributed by atoms with E-state index in [0.717, 1.165) is 24.2 Å². The van der Waals surface area contributed by atoms with E-state index >= 15 is 0 Å². The Kier molecular flexibility index (Phi) is 6.50. The summed E-state index contributed by atoms with van der Waals surface area (Å²) in [6, 6.07) is 7.37. The Morgan fingerprint density at radius 1 is 0.906 bits per heavy atom. The predicted octanol–water partition coefficient (Wildman–Crippen LogP) is 2.56. The highest BCUT2D eigenvalue weighted by Crippen LogP contribution is 2.26. The molecule has 0 N–H and O–H groups in total. The third-order valence-corrected chi connectivity index (χ3v) is 6.30. The molecule has 1 aromatic heterocycles. The fraction of sp³-hybridized carbons (Fsp3) is 0.478. The number of carbonyl (C=O) groups excluding carboxylic acids is 3. The summed E-state index contributed by atoms with van der Waals surface area (Å²) in [5.74, 6) is -0.931. The molecule has 0 saturated carbocycles. The molecule has 0 bridgehead atoms. The second kappa shape index (κ2) is 9.32. The van der Waals surface area contributed by atoms with E-state index in [1.165, 1.54) is 0 Å². The molecular weight excluding hydrogens is 430 g/mol. The maximum atomic E-state index is 13.3. The molecule has 2 fully saturated rings. The average molecular weight is 458 g/mol. The van der Waals surface area contributed by atoms with E-state index in [-0.39, 0.29) is 11.8 Å². The molecule has 2 aliphatic heterocycles. The SMILES string of the molecule is CC(C)c1c(C(=O)N2CCN(C(=O)C(=O)N3CCCC3)CC2)cnn1-c1cccc(Cl)c1. The molecule has 0 aliphatic carbocycles. The summed E-state index contributed by atoms with van der Waals surface area (Å²) in [6.45, 7) is 6.82. The van der Waals surface area contributed by atoms with Gasteiger partial charge < -0.3 is 14.7 Å². The Balaban J connectivity index is 1.46. The summed E-state index contributed by atoms with van der Waals surface area (Å²) >= 11 is 6.15. The second-order valence-electron chi connectivity index (χ2n) is 8.57. The van der Waals surface area contributed by atoms with Gasteiger partial charge in [-0.25, -0.2) is 4.68 Å². The number of piperazine rings is 1. The van der Waals surface area contributed by atoms with Gasteiger partial charge in [0.1, 0.15) is 0 Å². The molecule has 0 atom stereocenters. The number of benzene rings is 1. The molecule has 2 aromatic rings. The number of nitrogens with zero attached hydrogens (tertiary/aromatic N) is 5. The molecule has 3 amide bonds. The van der Waals surface area contributed by atoms with Crippen LogP contribution in [0.5, 0.6) is 0 Å². The fourth-order valence-corrected chi connectivity index (χ4v) is 4.55. The maximum absolute atomic E-state index is 13.3. The number of carbonyl (C=O) groups is 3. The molecule has 170 valence electrons. The van der Waals surface area contributed by atoms with Crippen LogP contribution in [-0.2, 0) is 9.59 Å². The lowest BCUT2D eigenvalue weighted by Gasteiger charge is -2.35. The van der Waals surface area contributed by atoms with Crippen molar-refractivity contribution in [3.63, 3.8) is 0 Å². The minimum Gasteiger partial charge on any atom is -0.335 e. The normalized spacial score (nSPS) is 16.7. The monoisotopic (exact) mass is 457 g/mol. The van der Waals surface area contributed by atoms with E-state index in [1.54, 1.807) is 31.6 Å². The molecule has 3 heterocycles. The fourth-order valence-electron chi connectivity index (χ4n) is 4.37. The van der Waals surface area contributed by atoms with Crippen molar-refractivity contribution in [2.24, 2.45) is 0 Å². The number of likely N-dealkylation sites (tertiary alicyclic amines) is 1. The Morgan fingerprint density at radius 3 is 2.09 bits per heavy atom. The van der Waals surface area contributed by atoms with Gasteiger partial charge in [-0.3, -0.25) is 14.4 Å². The zero-order chi connectivity index (χ0) is 22.8. The first-order chi connectivity index (χ1) is 15.4.